The average Bonchev–Trinajstić information content (AvgIpc) is 2.46. The minimum atomic E-state index is 0.578. The largest absolute Gasteiger partial charge is 0.314 e. The summed E-state index contributed by atoms with van der Waals surface area (Å²) in [6.45, 7) is 10.1. The third kappa shape index (κ3) is 4.81. The quantitative estimate of drug-likeness (QED) is 0.821. The summed E-state index contributed by atoms with van der Waals surface area (Å²) in [4.78, 5) is 4.44. The van der Waals surface area contributed by atoms with Crippen molar-refractivity contribution in [1.29, 1.82) is 0 Å². The Balaban J connectivity index is 2.11. The Kier molecular flexibility index (Phi) is 6.22. The summed E-state index contributed by atoms with van der Waals surface area (Å²) in [6.07, 6.45) is 10.9. The molecule has 2 rings (SSSR count). The molecule has 1 aliphatic carbocycles. The van der Waals surface area contributed by atoms with Crippen LogP contribution in [0, 0.1) is 18.8 Å². The van der Waals surface area contributed by atoms with Crippen LogP contribution in [0.15, 0.2) is 18.5 Å². The molecule has 118 valence electrons. The lowest BCUT2D eigenvalue weighted by Gasteiger charge is -2.37. The van der Waals surface area contributed by atoms with Crippen LogP contribution in [-0.2, 0) is 0 Å². The molecule has 1 heterocycles. The van der Waals surface area contributed by atoms with Crippen molar-refractivity contribution in [2.45, 2.75) is 71.8 Å². The van der Waals surface area contributed by atoms with E-state index in [9.17, 15) is 0 Å². The summed E-state index contributed by atoms with van der Waals surface area (Å²) in [7, 11) is 0. The van der Waals surface area contributed by atoms with Crippen molar-refractivity contribution < 1.29 is 0 Å². The van der Waals surface area contributed by atoms with Crippen LogP contribution in [0.5, 0.6) is 0 Å². The first-order chi connectivity index (χ1) is 10.1. The molecular formula is C19H32N2. The Bertz CT molecular complexity index is 427. The van der Waals surface area contributed by atoms with Crippen LogP contribution < -0.4 is 5.32 Å². The topological polar surface area (TPSA) is 24.9 Å². The number of hydrogen-bond donors (Lipinski definition) is 1. The second kappa shape index (κ2) is 7.93. The van der Waals surface area contributed by atoms with E-state index in [-0.39, 0.29) is 0 Å². The first-order valence-corrected chi connectivity index (χ1v) is 8.75. The number of nitrogens with one attached hydrogen (secondary N) is 1. The molecule has 0 radical (unpaired) electrons. The van der Waals surface area contributed by atoms with Crippen molar-refractivity contribution in [2.24, 2.45) is 11.8 Å². The first kappa shape index (κ1) is 16.5. The monoisotopic (exact) mass is 288 g/mol. The minimum Gasteiger partial charge on any atom is -0.314 e. The van der Waals surface area contributed by atoms with Gasteiger partial charge in [-0.05, 0) is 55.2 Å². The number of pyridine rings is 1. The van der Waals surface area contributed by atoms with E-state index in [4.69, 9.17) is 0 Å². The molecule has 0 bridgehead atoms. The van der Waals surface area contributed by atoms with Crippen molar-refractivity contribution in [3.05, 3.63) is 29.6 Å². The van der Waals surface area contributed by atoms with Gasteiger partial charge in [0, 0.05) is 18.4 Å². The summed E-state index contributed by atoms with van der Waals surface area (Å²) in [6, 6.07) is 2.93. The lowest BCUT2D eigenvalue weighted by atomic mass is 9.70. The fourth-order valence-corrected chi connectivity index (χ4v) is 3.81. The van der Waals surface area contributed by atoms with Crippen LogP contribution in [0.1, 0.15) is 69.9 Å². The van der Waals surface area contributed by atoms with Crippen LogP contribution in [0.3, 0.4) is 0 Å². The molecule has 1 aromatic rings. The van der Waals surface area contributed by atoms with Gasteiger partial charge in [0.05, 0.1) is 0 Å². The predicted molar refractivity (Wildman–Crippen MR) is 90.6 cm³/mol. The molecule has 3 atom stereocenters. The summed E-state index contributed by atoms with van der Waals surface area (Å²) in [5, 5.41) is 3.66. The third-order valence-electron chi connectivity index (χ3n) is 4.91. The zero-order valence-corrected chi connectivity index (χ0v) is 14.2. The molecule has 2 nitrogen and oxygen atoms in total. The average molecular weight is 288 g/mol. The second-order valence-corrected chi connectivity index (χ2v) is 7.19. The Morgan fingerprint density at radius 1 is 1.29 bits per heavy atom. The molecular weight excluding hydrogens is 256 g/mol. The Hall–Kier alpha value is -0.890. The van der Waals surface area contributed by atoms with E-state index in [1.54, 1.807) is 0 Å². The smallest absolute Gasteiger partial charge is 0.0303 e. The van der Waals surface area contributed by atoms with Gasteiger partial charge in [0.2, 0.25) is 0 Å². The third-order valence-corrected chi connectivity index (χ3v) is 4.91. The molecule has 1 aliphatic rings. The van der Waals surface area contributed by atoms with Crippen molar-refractivity contribution in [2.75, 3.05) is 6.54 Å². The van der Waals surface area contributed by atoms with Gasteiger partial charge < -0.3 is 5.32 Å². The first-order valence-electron chi connectivity index (χ1n) is 8.75. The van der Waals surface area contributed by atoms with Crippen molar-refractivity contribution in [1.82, 2.24) is 10.3 Å². The van der Waals surface area contributed by atoms with Crippen LogP contribution in [0.25, 0.3) is 0 Å². The Labute approximate surface area is 130 Å². The maximum Gasteiger partial charge on any atom is 0.0303 e. The van der Waals surface area contributed by atoms with E-state index in [1.165, 1.54) is 43.2 Å². The van der Waals surface area contributed by atoms with Gasteiger partial charge in [-0.1, -0.05) is 46.1 Å². The molecule has 0 aliphatic heterocycles. The highest BCUT2D eigenvalue weighted by Crippen LogP contribution is 2.41. The zero-order valence-electron chi connectivity index (χ0n) is 14.2. The van der Waals surface area contributed by atoms with E-state index in [1.807, 2.05) is 6.20 Å². The van der Waals surface area contributed by atoms with E-state index >= 15 is 0 Å². The number of rotatable bonds is 6. The van der Waals surface area contributed by atoms with Crippen LogP contribution in [-0.4, -0.2) is 17.6 Å². The molecule has 1 saturated carbocycles. The SMILES string of the molecule is CCCC1CCC(CNC(C)C)C(c2cncc(C)c2)C1. The molecule has 2 heteroatoms. The lowest BCUT2D eigenvalue weighted by molar-refractivity contribution is 0.217. The Morgan fingerprint density at radius 3 is 2.76 bits per heavy atom. The molecule has 0 spiro atoms. The second-order valence-electron chi connectivity index (χ2n) is 7.19. The van der Waals surface area contributed by atoms with Crippen molar-refractivity contribution >= 4 is 0 Å². The van der Waals surface area contributed by atoms with Gasteiger partial charge in [-0.25, -0.2) is 0 Å². The minimum absolute atomic E-state index is 0.578. The van der Waals surface area contributed by atoms with E-state index in [0.717, 1.165) is 18.4 Å². The highest BCUT2D eigenvalue weighted by Gasteiger charge is 2.31. The molecule has 0 saturated heterocycles. The van der Waals surface area contributed by atoms with E-state index in [2.05, 4.69) is 50.3 Å². The Morgan fingerprint density at radius 2 is 2.10 bits per heavy atom. The predicted octanol–water partition coefficient (Wildman–Crippen LogP) is 4.69. The summed E-state index contributed by atoms with van der Waals surface area (Å²) in [5.41, 5.74) is 2.76. The molecule has 3 unspecified atom stereocenters. The molecule has 1 aromatic heterocycles. The molecule has 1 fully saturated rings. The highest BCUT2D eigenvalue weighted by atomic mass is 14.9. The van der Waals surface area contributed by atoms with Crippen LogP contribution in [0.4, 0.5) is 0 Å². The number of hydrogen-bond acceptors (Lipinski definition) is 2. The van der Waals surface area contributed by atoms with Gasteiger partial charge in [-0.3, -0.25) is 4.98 Å². The fraction of sp³-hybridized carbons (Fsp3) is 0.737. The summed E-state index contributed by atoms with van der Waals surface area (Å²) < 4.78 is 0. The molecule has 1 N–H and O–H groups in total. The maximum atomic E-state index is 4.44. The highest BCUT2D eigenvalue weighted by molar-refractivity contribution is 5.22. The van der Waals surface area contributed by atoms with Gasteiger partial charge >= 0.3 is 0 Å². The molecule has 0 aromatic carbocycles. The standard InChI is InChI=1S/C19H32N2/c1-5-6-16-7-8-17(13-21-14(2)3)19(10-16)18-9-15(4)11-20-12-18/h9,11-12,14,16-17,19,21H,5-8,10,13H2,1-4H3. The van der Waals surface area contributed by atoms with Gasteiger partial charge in [0.15, 0.2) is 0 Å². The normalized spacial score (nSPS) is 26.2. The number of aryl methyl sites for hydroxylation is 1. The lowest BCUT2D eigenvalue weighted by Crippen LogP contribution is -2.35. The van der Waals surface area contributed by atoms with Gasteiger partial charge in [0.1, 0.15) is 0 Å². The van der Waals surface area contributed by atoms with Crippen LogP contribution >= 0.6 is 0 Å². The van der Waals surface area contributed by atoms with Gasteiger partial charge in [-0.15, -0.1) is 0 Å². The van der Waals surface area contributed by atoms with Crippen LogP contribution in [0.2, 0.25) is 0 Å². The fourth-order valence-electron chi connectivity index (χ4n) is 3.81. The molecule has 21 heavy (non-hydrogen) atoms. The zero-order chi connectivity index (χ0) is 15.2. The van der Waals surface area contributed by atoms with Gasteiger partial charge in [0.25, 0.3) is 0 Å². The maximum absolute atomic E-state index is 4.44. The van der Waals surface area contributed by atoms with Crippen molar-refractivity contribution in [3.8, 4) is 0 Å². The number of aromatic nitrogens is 1. The molecule has 0 amide bonds. The van der Waals surface area contributed by atoms with Gasteiger partial charge in [-0.2, -0.15) is 0 Å². The summed E-state index contributed by atoms with van der Waals surface area (Å²) in [5.74, 6) is 2.37. The van der Waals surface area contributed by atoms with E-state index < -0.39 is 0 Å². The van der Waals surface area contributed by atoms with Crippen molar-refractivity contribution in [3.63, 3.8) is 0 Å². The summed E-state index contributed by atoms with van der Waals surface area (Å²) >= 11 is 0. The number of nitrogens with zero attached hydrogens (tertiary/aromatic N) is 1. The van der Waals surface area contributed by atoms with E-state index in [0.29, 0.717) is 12.0 Å².